The predicted molar refractivity (Wildman–Crippen MR) is 93.3 cm³/mol. The number of aliphatic hydroxyl groups is 2. The van der Waals surface area contributed by atoms with Crippen LogP contribution in [0.1, 0.15) is 75.7 Å². The highest BCUT2D eigenvalue weighted by molar-refractivity contribution is 5.83. The maximum absolute atomic E-state index is 12.7. The first-order valence-electron chi connectivity index (χ1n) is 11.4. The molecule has 0 heterocycles. The van der Waals surface area contributed by atoms with Crippen LogP contribution in [0.5, 0.6) is 0 Å². The highest BCUT2D eigenvalue weighted by atomic mass is 16.3. The van der Waals surface area contributed by atoms with Gasteiger partial charge < -0.3 is 10.2 Å². The number of carbonyl (C=O) groups is 1. The zero-order valence-corrected chi connectivity index (χ0v) is 15.1. The number of fused-ring (bicyclic) bond motifs is 5. The molecule has 0 radical (unpaired) electrons. The van der Waals surface area contributed by atoms with Crippen LogP contribution >= 0.6 is 0 Å². The molecule has 0 amide bonds. The Balaban J connectivity index is 1.64. The van der Waals surface area contributed by atoms with E-state index in [-0.39, 0.29) is 17.4 Å². The number of rotatable bonds is 2. The molecule has 0 bridgehead atoms. The summed E-state index contributed by atoms with van der Waals surface area (Å²) in [6.45, 7) is 1.49. The summed E-state index contributed by atoms with van der Waals surface area (Å²) >= 11 is 0. The summed E-state index contributed by atoms with van der Waals surface area (Å²) in [7, 11) is 0. The van der Waals surface area contributed by atoms with Gasteiger partial charge in [0, 0.05) is 7.26 Å². The van der Waals surface area contributed by atoms with Crippen LogP contribution in [-0.4, -0.2) is 28.7 Å². The van der Waals surface area contributed by atoms with Crippen LogP contribution in [-0.2, 0) is 4.79 Å². The highest BCUT2D eigenvalue weighted by Crippen LogP contribution is 2.67. The van der Waals surface area contributed by atoms with E-state index in [2.05, 4.69) is 6.92 Å². The monoisotopic (exact) mass is 337 g/mol. The Kier molecular flexibility index (Phi) is 3.33. The van der Waals surface area contributed by atoms with Gasteiger partial charge in [0.25, 0.3) is 0 Å². The van der Waals surface area contributed by atoms with Gasteiger partial charge in [-0.2, -0.15) is 0 Å². The second kappa shape index (κ2) is 5.81. The molecular formula is C21H34O3. The molecule has 4 saturated carbocycles. The summed E-state index contributed by atoms with van der Waals surface area (Å²) in [5.41, 5.74) is -0.314. The third kappa shape index (κ3) is 2.26. The fourth-order valence-electron chi connectivity index (χ4n) is 7.49. The van der Waals surface area contributed by atoms with Crippen LogP contribution in [0.15, 0.2) is 0 Å². The molecule has 3 nitrogen and oxygen atoms in total. The molecular weight excluding hydrogens is 300 g/mol. The quantitative estimate of drug-likeness (QED) is 0.810. The molecule has 2 N–H and O–H groups in total. The second-order valence-corrected chi connectivity index (χ2v) is 9.50. The molecule has 4 aliphatic rings. The first-order valence-corrected chi connectivity index (χ1v) is 9.89. The summed E-state index contributed by atoms with van der Waals surface area (Å²) < 4.78 is 23.9. The Morgan fingerprint density at radius 1 is 1.08 bits per heavy atom. The van der Waals surface area contributed by atoms with Crippen molar-refractivity contribution in [3.8, 4) is 0 Å². The van der Waals surface area contributed by atoms with Crippen LogP contribution in [0.2, 0.25) is 0 Å². The zero-order chi connectivity index (χ0) is 19.8. The molecule has 0 unspecified atom stereocenters. The Morgan fingerprint density at radius 2 is 1.79 bits per heavy atom. The van der Waals surface area contributed by atoms with E-state index in [4.69, 9.17) is 4.11 Å². The van der Waals surface area contributed by atoms with Crippen LogP contribution in [0.25, 0.3) is 0 Å². The summed E-state index contributed by atoms with van der Waals surface area (Å²) in [6.07, 6.45) is 7.77. The minimum Gasteiger partial charge on any atom is -0.393 e. The van der Waals surface area contributed by atoms with Crippen LogP contribution in [0.3, 0.4) is 0 Å². The Morgan fingerprint density at radius 3 is 2.54 bits per heavy atom. The number of hydrogen-bond donors (Lipinski definition) is 2. The van der Waals surface area contributed by atoms with Crippen molar-refractivity contribution < 1.29 is 19.1 Å². The molecule has 0 spiro atoms. The average molecular weight is 338 g/mol. The molecule has 4 fully saturated rings. The summed E-state index contributed by atoms with van der Waals surface area (Å²) in [5, 5.41) is 19.8. The third-order valence-corrected chi connectivity index (χ3v) is 8.80. The lowest BCUT2D eigenvalue weighted by Gasteiger charge is -2.60. The van der Waals surface area contributed by atoms with Gasteiger partial charge in [0.1, 0.15) is 6.56 Å². The van der Waals surface area contributed by atoms with E-state index in [9.17, 15) is 15.0 Å². The van der Waals surface area contributed by atoms with E-state index in [1.807, 2.05) is 6.92 Å². The minimum absolute atomic E-state index is 0.162. The van der Waals surface area contributed by atoms with Gasteiger partial charge in [0.05, 0.1) is 8.85 Å². The van der Waals surface area contributed by atoms with Crippen LogP contribution in [0.4, 0.5) is 0 Å². The van der Waals surface area contributed by atoms with Crippen LogP contribution in [0, 0.1) is 40.4 Å². The summed E-state index contributed by atoms with van der Waals surface area (Å²) in [5.74, 6) is -0.595. The molecule has 0 aliphatic heterocycles. The van der Waals surface area contributed by atoms with E-state index >= 15 is 0 Å². The molecule has 0 aromatic carbocycles. The minimum atomic E-state index is -2.93. The van der Waals surface area contributed by atoms with Gasteiger partial charge >= 0.3 is 0 Å². The number of Topliss-reactive ketones (excluding diaryl/α,β-unsaturated/α-hetero) is 1. The van der Waals surface area contributed by atoms with E-state index in [1.54, 1.807) is 0 Å². The normalized spacial score (nSPS) is 59.3. The number of aliphatic hydroxyl groups excluding tert-OH is 1. The largest absolute Gasteiger partial charge is 0.393 e. The van der Waals surface area contributed by atoms with Crippen LogP contribution < -0.4 is 0 Å². The average Bonchev–Trinajstić information content (AvgIpc) is 2.86. The van der Waals surface area contributed by atoms with Crippen molar-refractivity contribution in [2.75, 3.05) is 6.56 Å². The van der Waals surface area contributed by atoms with Crippen molar-refractivity contribution in [3.05, 3.63) is 0 Å². The van der Waals surface area contributed by atoms with Gasteiger partial charge in [-0.3, -0.25) is 4.79 Å². The molecule has 8 atom stereocenters. The van der Waals surface area contributed by atoms with E-state index < -0.39 is 23.7 Å². The predicted octanol–water partition coefficient (Wildman–Crippen LogP) is 3.57. The highest BCUT2D eigenvalue weighted by Gasteiger charge is 2.60. The SMILES string of the molecule is [2H]C([2H])(O)C(=O)[C@@]1([2H])CC[C@H]2[C@@H]3CC[C@@H]4C[C@H](O)CC[C@]4(C)[C@H]3CC[C@@]21C. The van der Waals surface area contributed by atoms with Gasteiger partial charge in [0.2, 0.25) is 0 Å². The molecule has 4 aliphatic carbocycles. The number of ketones is 1. The fourth-order valence-corrected chi connectivity index (χ4v) is 7.49. The van der Waals surface area contributed by atoms with Crippen molar-refractivity contribution in [1.29, 1.82) is 0 Å². The molecule has 24 heavy (non-hydrogen) atoms. The van der Waals surface area contributed by atoms with Gasteiger partial charge in [0.15, 0.2) is 5.78 Å². The maximum atomic E-state index is 12.7. The Labute approximate surface area is 150 Å². The lowest BCUT2D eigenvalue weighted by Crippen LogP contribution is -2.54. The van der Waals surface area contributed by atoms with Crippen molar-refractivity contribution >= 4 is 5.78 Å². The molecule has 3 heteroatoms. The molecule has 0 aromatic heterocycles. The number of carbonyl (C=O) groups excluding carboxylic acids is 1. The molecule has 4 rings (SSSR count). The van der Waals surface area contributed by atoms with Crippen molar-refractivity contribution in [3.63, 3.8) is 0 Å². The molecule has 0 saturated heterocycles. The zero-order valence-electron chi connectivity index (χ0n) is 18.1. The van der Waals surface area contributed by atoms with Gasteiger partial charge in [-0.15, -0.1) is 0 Å². The van der Waals surface area contributed by atoms with E-state index in [1.165, 1.54) is 0 Å². The van der Waals surface area contributed by atoms with E-state index in [0.717, 1.165) is 51.4 Å². The lowest BCUT2D eigenvalue weighted by atomic mass is 9.44. The Hall–Kier alpha value is -0.410. The molecule has 0 aromatic rings. The maximum Gasteiger partial charge on any atom is 0.161 e. The van der Waals surface area contributed by atoms with Gasteiger partial charge in [-0.05, 0) is 92.3 Å². The van der Waals surface area contributed by atoms with Gasteiger partial charge in [-0.25, -0.2) is 0 Å². The topological polar surface area (TPSA) is 57.5 Å². The third-order valence-electron chi connectivity index (χ3n) is 8.80. The van der Waals surface area contributed by atoms with Crippen molar-refractivity contribution in [2.45, 2.75) is 77.7 Å². The van der Waals surface area contributed by atoms with Crippen molar-refractivity contribution in [1.82, 2.24) is 0 Å². The van der Waals surface area contributed by atoms with Crippen molar-refractivity contribution in [2.24, 2.45) is 40.4 Å². The first kappa shape index (κ1) is 13.7. The summed E-state index contributed by atoms with van der Waals surface area (Å²) in [6, 6.07) is 0. The smallest absolute Gasteiger partial charge is 0.161 e. The summed E-state index contributed by atoms with van der Waals surface area (Å²) in [4.78, 5) is 12.7. The number of hydrogen-bond acceptors (Lipinski definition) is 3. The standard InChI is InChI=1S/C21H34O3/c1-20-9-7-14(23)11-13(20)3-4-15-16-5-6-18(19(24)12-22)21(16,2)10-8-17(15)20/h13-18,22-23H,3-12H2,1-2H3/t13-,14-,15+,16+,17+,18-,20+,21+/m1/s1/i12D2,18D. The lowest BCUT2D eigenvalue weighted by molar-refractivity contribution is -0.141. The molecule has 136 valence electrons. The second-order valence-electron chi connectivity index (χ2n) is 9.50. The Bertz CT molecular complexity index is 635. The van der Waals surface area contributed by atoms with Gasteiger partial charge in [-0.1, -0.05) is 13.8 Å². The first-order chi connectivity index (χ1) is 12.4. The fraction of sp³-hybridized carbons (Fsp3) is 0.952. The van der Waals surface area contributed by atoms with E-state index in [0.29, 0.717) is 24.2 Å².